The lowest BCUT2D eigenvalue weighted by Gasteiger charge is -2.28. The number of hydrogen-bond acceptors (Lipinski definition) is 2. The highest BCUT2D eigenvalue weighted by Crippen LogP contribution is 2.41. The first-order valence-corrected chi connectivity index (χ1v) is 7.02. The fourth-order valence-electron chi connectivity index (χ4n) is 3.05. The molecule has 104 valence electrons. The van der Waals surface area contributed by atoms with E-state index in [0.29, 0.717) is 0 Å². The maximum Gasteiger partial charge on any atom is 0.244 e. The molecule has 1 aromatic carbocycles. The molecule has 0 aliphatic heterocycles. The van der Waals surface area contributed by atoms with Gasteiger partial charge in [0.15, 0.2) is 0 Å². The van der Waals surface area contributed by atoms with Gasteiger partial charge in [-0.25, -0.2) is 5.84 Å². The average Bonchev–Trinajstić information content (AvgIpc) is 2.87. The summed E-state index contributed by atoms with van der Waals surface area (Å²) < 4.78 is 0. The van der Waals surface area contributed by atoms with Crippen molar-refractivity contribution in [3.05, 3.63) is 35.4 Å². The molecule has 1 fully saturated rings. The van der Waals surface area contributed by atoms with Gasteiger partial charge in [-0.15, -0.1) is 0 Å². The van der Waals surface area contributed by atoms with Crippen LogP contribution < -0.4 is 11.3 Å². The Balaban J connectivity index is 2.36. The fourth-order valence-corrected chi connectivity index (χ4v) is 3.05. The number of benzene rings is 1. The van der Waals surface area contributed by atoms with E-state index in [1.165, 1.54) is 5.56 Å². The van der Waals surface area contributed by atoms with E-state index in [2.05, 4.69) is 50.5 Å². The largest absolute Gasteiger partial charge is 0.293 e. The van der Waals surface area contributed by atoms with Gasteiger partial charge >= 0.3 is 0 Å². The van der Waals surface area contributed by atoms with Crippen molar-refractivity contribution in [1.82, 2.24) is 5.43 Å². The normalized spacial score (nSPS) is 18.3. The molecule has 19 heavy (non-hydrogen) atoms. The molecule has 0 aromatic heterocycles. The molecule has 0 atom stereocenters. The van der Waals surface area contributed by atoms with E-state index in [-0.39, 0.29) is 11.3 Å². The number of hydrogen-bond donors (Lipinski definition) is 2. The molecule has 3 nitrogen and oxygen atoms in total. The zero-order chi connectivity index (χ0) is 14.1. The lowest BCUT2D eigenvalue weighted by atomic mass is 9.76. The number of rotatable bonds is 2. The first-order chi connectivity index (χ1) is 8.90. The zero-order valence-electron chi connectivity index (χ0n) is 12.1. The van der Waals surface area contributed by atoms with Gasteiger partial charge in [0.25, 0.3) is 0 Å². The molecule has 1 aliphatic carbocycles. The Labute approximate surface area is 115 Å². The van der Waals surface area contributed by atoms with Gasteiger partial charge in [-0.05, 0) is 29.4 Å². The second-order valence-corrected chi connectivity index (χ2v) is 6.59. The lowest BCUT2D eigenvalue weighted by Crippen LogP contribution is -2.45. The van der Waals surface area contributed by atoms with Crippen molar-refractivity contribution in [2.75, 3.05) is 0 Å². The Morgan fingerprint density at radius 2 is 1.68 bits per heavy atom. The van der Waals surface area contributed by atoms with Crippen molar-refractivity contribution in [2.24, 2.45) is 5.84 Å². The van der Waals surface area contributed by atoms with Gasteiger partial charge in [-0.1, -0.05) is 57.9 Å². The summed E-state index contributed by atoms with van der Waals surface area (Å²) >= 11 is 0. The number of hydrazine groups is 1. The molecule has 1 amide bonds. The zero-order valence-corrected chi connectivity index (χ0v) is 12.1. The van der Waals surface area contributed by atoms with Crippen molar-refractivity contribution in [1.29, 1.82) is 0 Å². The molecular formula is C16H24N2O. The van der Waals surface area contributed by atoms with Crippen molar-refractivity contribution < 1.29 is 4.79 Å². The maximum absolute atomic E-state index is 12.2. The summed E-state index contributed by atoms with van der Waals surface area (Å²) in [6, 6.07) is 8.47. The third kappa shape index (κ3) is 2.52. The Morgan fingerprint density at radius 1 is 1.16 bits per heavy atom. The first-order valence-electron chi connectivity index (χ1n) is 7.02. The molecule has 0 heterocycles. The molecule has 0 bridgehead atoms. The topological polar surface area (TPSA) is 55.1 Å². The van der Waals surface area contributed by atoms with Crippen LogP contribution in [0.25, 0.3) is 0 Å². The number of carbonyl (C=O) groups is 1. The van der Waals surface area contributed by atoms with Crippen LogP contribution in [0.1, 0.15) is 57.6 Å². The molecule has 1 saturated carbocycles. The van der Waals surface area contributed by atoms with Gasteiger partial charge in [0.1, 0.15) is 0 Å². The SMILES string of the molecule is CC(C)(C)c1ccc(C2(C(=O)NN)CCCC2)cc1. The van der Waals surface area contributed by atoms with Crippen LogP contribution in [-0.2, 0) is 15.6 Å². The van der Waals surface area contributed by atoms with Gasteiger partial charge < -0.3 is 0 Å². The summed E-state index contributed by atoms with van der Waals surface area (Å²) in [7, 11) is 0. The van der Waals surface area contributed by atoms with E-state index >= 15 is 0 Å². The monoisotopic (exact) mass is 260 g/mol. The van der Waals surface area contributed by atoms with Crippen LogP contribution >= 0.6 is 0 Å². The molecular weight excluding hydrogens is 236 g/mol. The van der Waals surface area contributed by atoms with Crippen molar-refractivity contribution in [3.8, 4) is 0 Å². The van der Waals surface area contributed by atoms with E-state index in [4.69, 9.17) is 5.84 Å². The minimum absolute atomic E-state index is 0.0477. The molecule has 3 N–H and O–H groups in total. The number of amides is 1. The van der Waals surface area contributed by atoms with Crippen molar-refractivity contribution >= 4 is 5.91 Å². The van der Waals surface area contributed by atoms with Gasteiger partial charge in [0.2, 0.25) is 5.91 Å². The van der Waals surface area contributed by atoms with E-state index in [1.807, 2.05) is 0 Å². The van der Waals surface area contributed by atoms with Crippen LogP contribution in [0.4, 0.5) is 0 Å². The Bertz CT molecular complexity index is 451. The average molecular weight is 260 g/mol. The second kappa shape index (κ2) is 4.97. The number of carbonyl (C=O) groups excluding carboxylic acids is 1. The lowest BCUT2D eigenvalue weighted by molar-refractivity contribution is -0.126. The van der Waals surface area contributed by atoms with Crippen LogP contribution in [0.2, 0.25) is 0 Å². The molecule has 0 saturated heterocycles. The first kappa shape index (κ1) is 14.1. The summed E-state index contributed by atoms with van der Waals surface area (Å²) in [6.45, 7) is 6.58. The summed E-state index contributed by atoms with van der Waals surface area (Å²) in [5.74, 6) is 5.33. The summed E-state index contributed by atoms with van der Waals surface area (Å²) in [5, 5.41) is 0. The standard InChI is InChI=1S/C16H24N2O/c1-15(2,3)12-6-8-13(9-7-12)16(14(19)18-17)10-4-5-11-16/h6-9H,4-5,10-11,17H2,1-3H3,(H,18,19). The molecule has 0 unspecified atom stereocenters. The Morgan fingerprint density at radius 3 is 2.11 bits per heavy atom. The molecule has 0 radical (unpaired) electrons. The maximum atomic E-state index is 12.2. The summed E-state index contributed by atoms with van der Waals surface area (Å²) in [6.07, 6.45) is 3.97. The van der Waals surface area contributed by atoms with Crippen LogP contribution in [0.5, 0.6) is 0 Å². The van der Waals surface area contributed by atoms with Crippen LogP contribution in [0.15, 0.2) is 24.3 Å². The predicted molar refractivity (Wildman–Crippen MR) is 77.6 cm³/mol. The molecule has 1 aromatic rings. The minimum atomic E-state index is -0.412. The van der Waals surface area contributed by atoms with Gasteiger partial charge in [-0.3, -0.25) is 10.2 Å². The summed E-state index contributed by atoms with van der Waals surface area (Å²) in [4.78, 5) is 12.2. The highest BCUT2D eigenvalue weighted by atomic mass is 16.2. The Kier molecular flexibility index (Phi) is 3.68. The minimum Gasteiger partial charge on any atom is -0.293 e. The van der Waals surface area contributed by atoms with E-state index in [0.717, 1.165) is 31.2 Å². The highest BCUT2D eigenvalue weighted by molar-refractivity contribution is 5.88. The van der Waals surface area contributed by atoms with Crippen LogP contribution in [0.3, 0.4) is 0 Å². The number of nitrogens with one attached hydrogen (secondary N) is 1. The highest BCUT2D eigenvalue weighted by Gasteiger charge is 2.42. The summed E-state index contributed by atoms with van der Waals surface area (Å²) in [5.41, 5.74) is 4.46. The van der Waals surface area contributed by atoms with Crippen LogP contribution in [-0.4, -0.2) is 5.91 Å². The fraction of sp³-hybridized carbons (Fsp3) is 0.562. The Hall–Kier alpha value is -1.35. The molecule has 2 rings (SSSR count). The molecule has 1 aliphatic rings. The van der Waals surface area contributed by atoms with Crippen molar-refractivity contribution in [3.63, 3.8) is 0 Å². The predicted octanol–water partition coefficient (Wildman–Crippen LogP) is 2.79. The second-order valence-electron chi connectivity index (χ2n) is 6.59. The van der Waals surface area contributed by atoms with E-state index in [1.54, 1.807) is 0 Å². The van der Waals surface area contributed by atoms with Crippen LogP contribution in [0, 0.1) is 0 Å². The van der Waals surface area contributed by atoms with Crippen molar-refractivity contribution in [2.45, 2.75) is 57.3 Å². The molecule has 0 spiro atoms. The quantitative estimate of drug-likeness (QED) is 0.488. The third-order valence-electron chi connectivity index (χ3n) is 4.33. The van der Waals surface area contributed by atoms with Gasteiger partial charge in [-0.2, -0.15) is 0 Å². The smallest absolute Gasteiger partial charge is 0.244 e. The van der Waals surface area contributed by atoms with Gasteiger partial charge in [0.05, 0.1) is 5.41 Å². The van der Waals surface area contributed by atoms with E-state index in [9.17, 15) is 4.79 Å². The number of nitrogens with two attached hydrogens (primary N) is 1. The third-order valence-corrected chi connectivity index (χ3v) is 4.33. The molecule has 3 heteroatoms. The van der Waals surface area contributed by atoms with Gasteiger partial charge in [0, 0.05) is 0 Å². The van der Waals surface area contributed by atoms with E-state index < -0.39 is 5.41 Å².